The first-order valence-corrected chi connectivity index (χ1v) is 10.5. The summed E-state index contributed by atoms with van der Waals surface area (Å²) in [7, 11) is 0. The molecule has 0 unspecified atom stereocenters. The molecule has 146 valence electrons. The molecule has 2 aromatic heterocycles. The van der Waals surface area contributed by atoms with Crippen LogP contribution in [0.1, 0.15) is 11.3 Å². The Kier molecular flexibility index (Phi) is 5.50. The van der Waals surface area contributed by atoms with Crippen LogP contribution in [0.2, 0.25) is 0 Å². The predicted molar refractivity (Wildman–Crippen MR) is 118 cm³/mol. The topological polar surface area (TPSA) is 96.0 Å². The van der Waals surface area contributed by atoms with Crippen molar-refractivity contribution in [2.45, 2.75) is 13.3 Å². The van der Waals surface area contributed by atoms with Gasteiger partial charge in [0.15, 0.2) is 10.3 Å². The zero-order chi connectivity index (χ0) is 20.2. The van der Waals surface area contributed by atoms with Crippen molar-refractivity contribution in [1.29, 1.82) is 0 Å². The van der Waals surface area contributed by atoms with Crippen LogP contribution in [0.25, 0.3) is 10.2 Å². The average Bonchev–Trinajstić information content (AvgIpc) is 3.29. The summed E-state index contributed by atoms with van der Waals surface area (Å²) < 4.78 is 1.03. The van der Waals surface area contributed by atoms with Crippen molar-refractivity contribution < 1.29 is 9.59 Å². The Morgan fingerprint density at radius 1 is 0.931 bits per heavy atom. The highest BCUT2D eigenvalue weighted by Gasteiger charge is 2.13. The largest absolute Gasteiger partial charge is 0.325 e. The van der Waals surface area contributed by atoms with Gasteiger partial charge in [0, 0.05) is 11.1 Å². The van der Waals surface area contributed by atoms with E-state index < -0.39 is 0 Å². The third-order valence-corrected chi connectivity index (χ3v) is 5.76. The van der Waals surface area contributed by atoms with E-state index in [0.29, 0.717) is 21.6 Å². The van der Waals surface area contributed by atoms with Gasteiger partial charge in [-0.2, -0.15) is 0 Å². The molecule has 2 aromatic carbocycles. The zero-order valence-electron chi connectivity index (χ0n) is 15.4. The minimum absolute atomic E-state index is 0.105. The van der Waals surface area contributed by atoms with Crippen LogP contribution in [0.4, 0.5) is 20.7 Å². The number of thiazole rings is 2. The van der Waals surface area contributed by atoms with Crippen molar-refractivity contribution in [1.82, 2.24) is 9.97 Å². The Morgan fingerprint density at radius 2 is 1.76 bits per heavy atom. The lowest BCUT2D eigenvalue weighted by atomic mass is 10.2. The number of para-hydroxylation sites is 2. The SMILES string of the molecule is Cc1cccc2sc(NC(=O)Cc3csc(NC(=O)Nc4ccccc4)n3)nc12. The Bertz CT molecular complexity index is 1170. The van der Waals surface area contributed by atoms with Crippen molar-refractivity contribution in [3.8, 4) is 0 Å². The van der Waals surface area contributed by atoms with E-state index in [1.54, 1.807) is 17.5 Å². The molecule has 0 saturated carbocycles. The van der Waals surface area contributed by atoms with Gasteiger partial charge in [-0.3, -0.25) is 10.1 Å². The van der Waals surface area contributed by atoms with Gasteiger partial charge in [0.05, 0.1) is 22.3 Å². The van der Waals surface area contributed by atoms with E-state index in [9.17, 15) is 9.59 Å². The molecule has 2 heterocycles. The molecule has 4 rings (SSSR count). The van der Waals surface area contributed by atoms with Gasteiger partial charge < -0.3 is 10.6 Å². The molecule has 7 nitrogen and oxygen atoms in total. The molecule has 0 atom stereocenters. The maximum Gasteiger partial charge on any atom is 0.325 e. The first-order valence-electron chi connectivity index (χ1n) is 8.80. The molecular formula is C20H17N5O2S2. The summed E-state index contributed by atoms with van der Waals surface area (Å²) in [5, 5.41) is 11.0. The minimum atomic E-state index is -0.383. The monoisotopic (exact) mass is 423 g/mol. The van der Waals surface area contributed by atoms with Gasteiger partial charge in [-0.25, -0.2) is 14.8 Å². The third-order valence-electron chi connectivity index (χ3n) is 4.01. The van der Waals surface area contributed by atoms with E-state index in [4.69, 9.17) is 0 Å². The van der Waals surface area contributed by atoms with Crippen molar-refractivity contribution in [3.05, 3.63) is 65.2 Å². The van der Waals surface area contributed by atoms with Crippen LogP contribution >= 0.6 is 22.7 Å². The quantitative estimate of drug-likeness (QED) is 0.426. The number of anilines is 3. The molecule has 0 fully saturated rings. The third kappa shape index (κ3) is 4.76. The molecule has 0 radical (unpaired) electrons. The van der Waals surface area contributed by atoms with Gasteiger partial charge >= 0.3 is 6.03 Å². The lowest BCUT2D eigenvalue weighted by Crippen LogP contribution is -2.19. The molecule has 3 N–H and O–H groups in total. The second kappa shape index (κ2) is 8.38. The highest BCUT2D eigenvalue weighted by molar-refractivity contribution is 7.22. The van der Waals surface area contributed by atoms with Crippen LogP contribution in [0, 0.1) is 6.92 Å². The first-order chi connectivity index (χ1) is 14.1. The van der Waals surface area contributed by atoms with Gasteiger partial charge in [0.25, 0.3) is 0 Å². The van der Waals surface area contributed by atoms with E-state index >= 15 is 0 Å². The molecule has 29 heavy (non-hydrogen) atoms. The number of hydrogen-bond donors (Lipinski definition) is 3. The number of nitrogens with one attached hydrogen (secondary N) is 3. The molecule has 0 aliphatic rings. The maximum absolute atomic E-state index is 12.3. The van der Waals surface area contributed by atoms with Gasteiger partial charge in [0.1, 0.15) is 0 Å². The number of aryl methyl sites for hydroxylation is 1. The van der Waals surface area contributed by atoms with Crippen molar-refractivity contribution >= 4 is 60.8 Å². The number of fused-ring (bicyclic) bond motifs is 1. The van der Waals surface area contributed by atoms with Crippen molar-refractivity contribution in [2.75, 3.05) is 16.0 Å². The lowest BCUT2D eigenvalue weighted by Gasteiger charge is -2.04. The first kappa shape index (κ1) is 19.0. The minimum Gasteiger partial charge on any atom is -0.308 e. The van der Waals surface area contributed by atoms with Crippen molar-refractivity contribution in [3.63, 3.8) is 0 Å². The molecule has 3 amide bonds. The van der Waals surface area contributed by atoms with Crippen LogP contribution in [0.15, 0.2) is 53.9 Å². The maximum atomic E-state index is 12.3. The fraction of sp³-hybridized carbons (Fsp3) is 0.100. The smallest absolute Gasteiger partial charge is 0.308 e. The summed E-state index contributed by atoms with van der Waals surface area (Å²) in [6.45, 7) is 1.99. The zero-order valence-corrected chi connectivity index (χ0v) is 17.1. The Hall–Kier alpha value is -3.30. The summed E-state index contributed by atoms with van der Waals surface area (Å²) in [5.74, 6) is -0.202. The Balaban J connectivity index is 1.33. The number of rotatable bonds is 5. The molecule has 0 saturated heterocycles. The van der Waals surface area contributed by atoms with Crippen LogP contribution < -0.4 is 16.0 Å². The number of nitrogens with zero attached hydrogens (tertiary/aromatic N) is 2. The van der Waals surface area contributed by atoms with E-state index in [2.05, 4.69) is 25.9 Å². The summed E-state index contributed by atoms with van der Waals surface area (Å²) in [4.78, 5) is 33.1. The van der Waals surface area contributed by atoms with Crippen LogP contribution in [-0.2, 0) is 11.2 Å². The van der Waals surface area contributed by atoms with Gasteiger partial charge in [-0.15, -0.1) is 11.3 Å². The van der Waals surface area contributed by atoms with Gasteiger partial charge in [-0.1, -0.05) is 41.7 Å². The Labute approximate surface area is 174 Å². The molecule has 0 spiro atoms. The van der Waals surface area contributed by atoms with E-state index in [-0.39, 0.29) is 18.4 Å². The number of hydrogen-bond acceptors (Lipinski definition) is 6. The fourth-order valence-electron chi connectivity index (χ4n) is 2.69. The highest BCUT2D eigenvalue weighted by atomic mass is 32.1. The number of carbonyl (C=O) groups excluding carboxylic acids is 2. The summed E-state index contributed by atoms with van der Waals surface area (Å²) >= 11 is 2.71. The highest BCUT2D eigenvalue weighted by Crippen LogP contribution is 2.28. The molecular weight excluding hydrogens is 406 g/mol. The number of urea groups is 1. The second-order valence-electron chi connectivity index (χ2n) is 6.25. The van der Waals surface area contributed by atoms with Gasteiger partial charge in [0.2, 0.25) is 5.91 Å². The summed E-state index contributed by atoms with van der Waals surface area (Å²) in [6.07, 6.45) is 0.105. The summed E-state index contributed by atoms with van der Waals surface area (Å²) in [6, 6.07) is 14.7. The molecule has 4 aromatic rings. The summed E-state index contributed by atoms with van der Waals surface area (Å²) in [5.41, 5.74) is 3.24. The average molecular weight is 424 g/mol. The molecule has 0 aliphatic heterocycles. The number of carbonyl (C=O) groups is 2. The fourth-order valence-corrected chi connectivity index (χ4v) is 4.36. The number of aromatic nitrogens is 2. The van der Waals surface area contributed by atoms with Crippen LogP contribution in [0.5, 0.6) is 0 Å². The van der Waals surface area contributed by atoms with E-state index in [1.807, 2.05) is 43.3 Å². The number of amides is 3. The number of benzene rings is 2. The van der Waals surface area contributed by atoms with Crippen LogP contribution in [-0.4, -0.2) is 21.9 Å². The van der Waals surface area contributed by atoms with Gasteiger partial charge in [-0.05, 0) is 30.7 Å². The molecule has 0 bridgehead atoms. The molecule has 0 aliphatic carbocycles. The van der Waals surface area contributed by atoms with E-state index in [0.717, 1.165) is 15.8 Å². The second-order valence-corrected chi connectivity index (χ2v) is 8.14. The van der Waals surface area contributed by atoms with E-state index in [1.165, 1.54) is 22.7 Å². The predicted octanol–water partition coefficient (Wildman–Crippen LogP) is 4.89. The molecule has 9 heteroatoms. The lowest BCUT2D eigenvalue weighted by molar-refractivity contribution is -0.115. The normalized spacial score (nSPS) is 10.7. The Morgan fingerprint density at radius 3 is 2.55 bits per heavy atom. The van der Waals surface area contributed by atoms with Crippen molar-refractivity contribution in [2.24, 2.45) is 0 Å². The standard InChI is InChI=1S/C20H17N5O2S2/c1-12-6-5-9-15-17(12)24-20(29-15)23-16(26)10-14-11-28-19(22-14)25-18(27)21-13-7-3-2-4-8-13/h2-9,11H,10H2,1H3,(H,23,24,26)(H2,21,22,25,27). The van der Waals surface area contributed by atoms with Crippen LogP contribution in [0.3, 0.4) is 0 Å².